The first kappa shape index (κ1) is 16.6. The minimum atomic E-state index is -2.82. The van der Waals surface area contributed by atoms with Gasteiger partial charge < -0.3 is 15.6 Å². The van der Waals surface area contributed by atoms with E-state index in [0.717, 1.165) is 0 Å². The molecule has 0 saturated heterocycles. The lowest BCUT2D eigenvalue weighted by molar-refractivity contribution is -0.135. The summed E-state index contributed by atoms with van der Waals surface area (Å²) in [6.07, 6.45) is -1.88. The second-order valence-corrected chi connectivity index (χ2v) is 5.61. The van der Waals surface area contributed by atoms with Gasteiger partial charge in [-0.3, -0.25) is 0 Å². The summed E-state index contributed by atoms with van der Waals surface area (Å²) in [6, 6.07) is 8.24. The molecular formula is C16H12F2N4O3. The van der Waals surface area contributed by atoms with E-state index in [2.05, 4.69) is 9.97 Å². The van der Waals surface area contributed by atoms with Crippen LogP contribution in [0.1, 0.15) is 28.8 Å². The molecule has 1 aliphatic rings. The summed E-state index contributed by atoms with van der Waals surface area (Å²) in [6.45, 7) is 0. The van der Waals surface area contributed by atoms with E-state index in [1.807, 2.05) is 6.07 Å². The van der Waals surface area contributed by atoms with Crippen LogP contribution in [0, 0.1) is 11.3 Å². The van der Waals surface area contributed by atoms with E-state index in [1.165, 1.54) is 6.07 Å². The topological polar surface area (TPSA) is 122 Å². The van der Waals surface area contributed by atoms with E-state index in [1.54, 1.807) is 18.2 Å². The number of aromatic nitrogens is 2. The average molecular weight is 346 g/mol. The van der Waals surface area contributed by atoms with Crippen LogP contribution in [0.25, 0.3) is 11.4 Å². The molecule has 0 bridgehead atoms. The largest absolute Gasteiger partial charge is 0.477 e. The molecule has 1 aromatic carbocycles. The van der Waals surface area contributed by atoms with Crippen molar-refractivity contribution >= 4 is 11.8 Å². The van der Waals surface area contributed by atoms with Gasteiger partial charge in [-0.1, -0.05) is 12.1 Å². The first-order valence-corrected chi connectivity index (χ1v) is 7.25. The Morgan fingerprint density at radius 3 is 2.72 bits per heavy atom. The second kappa shape index (κ2) is 5.98. The number of benzene rings is 1. The van der Waals surface area contributed by atoms with E-state index in [-0.39, 0.29) is 17.5 Å². The zero-order chi connectivity index (χ0) is 18.2. The predicted molar refractivity (Wildman–Crippen MR) is 82.2 cm³/mol. The third-order valence-corrected chi connectivity index (χ3v) is 3.70. The number of rotatable bonds is 4. The fourth-order valence-electron chi connectivity index (χ4n) is 2.45. The van der Waals surface area contributed by atoms with Crippen molar-refractivity contribution < 1.29 is 23.4 Å². The molecule has 0 spiro atoms. The number of carbonyl (C=O) groups is 1. The Balaban J connectivity index is 2.01. The molecule has 3 N–H and O–H groups in total. The maximum atomic E-state index is 13.0. The number of hydrogen-bond donors (Lipinski definition) is 2. The van der Waals surface area contributed by atoms with E-state index in [0.29, 0.717) is 11.1 Å². The third kappa shape index (κ3) is 3.33. The highest BCUT2D eigenvalue weighted by atomic mass is 19.3. The number of nitrogen functional groups attached to an aromatic ring is 1. The highest BCUT2D eigenvalue weighted by molar-refractivity contribution is 5.95. The molecule has 1 aromatic heterocycles. The Labute approximate surface area is 140 Å². The highest BCUT2D eigenvalue weighted by Gasteiger charge is 2.47. The number of nitrogens with zero attached hydrogens (tertiary/aromatic N) is 3. The smallest absolute Gasteiger partial charge is 0.345 e. The van der Waals surface area contributed by atoms with Crippen molar-refractivity contribution in [2.75, 3.05) is 5.73 Å². The second-order valence-electron chi connectivity index (χ2n) is 5.61. The van der Waals surface area contributed by atoms with Gasteiger partial charge in [-0.05, 0) is 12.1 Å². The number of aromatic carboxylic acids is 1. The number of alkyl halides is 2. The van der Waals surface area contributed by atoms with Crippen LogP contribution in [0.15, 0.2) is 24.3 Å². The molecule has 0 aliphatic heterocycles. The van der Waals surface area contributed by atoms with Gasteiger partial charge in [0, 0.05) is 18.4 Å². The minimum Gasteiger partial charge on any atom is -0.477 e. The summed E-state index contributed by atoms with van der Waals surface area (Å²) in [5.41, 5.74) is 5.99. The van der Waals surface area contributed by atoms with Gasteiger partial charge in [0.15, 0.2) is 11.4 Å². The van der Waals surface area contributed by atoms with Crippen molar-refractivity contribution in [3.05, 3.63) is 35.4 Å². The SMILES string of the molecule is N#Cc1cccc(-c2nc(N)c(C(=O)O)c(OC3CC(F)(F)C3)n2)c1. The lowest BCUT2D eigenvalue weighted by Gasteiger charge is -2.34. The molecule has 0 unspecified atom stereocenters. The summed E-state index contributed by atoms with van der Waals surface area (Å²) in [4.78, 5) is 19.3. The standard InChI is InChI=1S/C16H12F2N4O3/c17-16(18)5-10(6-16)25-14-11(15(23)24)12(20)21-13(22-14)9-3-1-2-8(4-9)7-19/h1-4,10H,5-6H2,(H,23,24)(H2,20,21,22). The quantitative estimate of drug-likeness (QED) is 0.872. The molecule has 0 atom stereocenters. The van der Waals surface area contributed by atoms with Crippen LogP contribution < -0.4 is 10.5 Å². The van der Waals surface area contributed by atoms with Crippen LogP contribution in [0.3, 0.4) is 0 Å². The molecule has 25 heavy (non-hydrogen) atoms. The molecule has 2 aromatic rings. The number of ether oxygens (including phenoxy) is 1. The average Bonchev–Trinajstić information content (AvgIpc) is 2.52. The zero-order valence-electron chi connectivity index (χ0n) is 12.7. The molecule has 0 amide bonds. The summed E-state index contributed by atoms with van der Waals surface area (Å²) in [5, 5.41) is 18.2. The van der Waals surface area contributed by atoms with Crippen molar-refractivity contribution in [2.24, 2.45) is 0 Å². The molecule has 1 fully saturated rings. The number of carboxylic acids is 1. The number of carboxylic acid groups (broad SMARTS) is 1. The highest BCUT2D eigenvalue weighted by Crippen LogP contribution is 2.40. The van der Waals surface area contributed by atoms with Gasteiger partial charge in [0.2, 0.25) is 5.88 Å². The molecule has 1 aliphatic carbocycles. The molecule has 128 valence electrons. The van der Waals surface area contributed by atoms with Crippen molar-refractivity contribution in [1.29, 1.82) is 5.26 Å². The summed E-state index contributed by atoms with van der Waals surface area (Å²) < 4.78 is 31.3. The van der Waals surface area contributed by atoms with E-state index in [9.17, 15) is 18.7 Å². The minimum absolute atomic E-state index is 0.0423. The van der Waals surface area contributed by atoms with Crippen molar-refractivity contribution in [1.82, 2.24) is 9.97 Å². The van der Waals surface area contributed by atoms with Crippen molar-refractivity contribution in [2.45, 2.75) is 24.9 Å². The number of nitrogens with two attached hydrogens (primary N) is 1. The number of nitriles is 1. The Kier molecular flexibility index (Phi) is 3.96. The van der Waals surface area contributed by atoms with Gasteiger partial charge in [0.25, 0.3) is 5.92 Å². The predicted octanol–water partition coefficient (Wildman–Crippen LogP) is 2.47. The Hall–Kier alpha value is -3.28. The van der Waals surface area contributed by atoms with Crippen LogP contribution in [-0.4, -0.2) is 33.1 Å². The van der Waals surface area contributed by atoms with Gasteiger partial charge >= 0.3 is 5.97 Å². The maximum Gasteiger partial charge on any atom is 0.345 e. The Morgan fingerprint density at radius 1 is 1.40 bits per heavy atom. The third-order valence-electron chi connectivity index (χ3n) is 3.70. The Morgan fingerprint density at radius 2 is 2.12 bits per heavy atom. The van der Waals surface area contributed by atoms with E-state index < -0.39 is 36.4 Å². The summed E-state index contributed by atoms with van der Waals surface area (Å²) in [7, 11) is 0. The lowest BCUT2D eigenvalue weighted by atomic mass is 9.91. The first-order chi connectivity index (χ1) is 11.8. The van der Waals surface area contributed by atoms with Gasteiger partial charge in [-0.15, -0.1) is 0 Å². The maximum absolute atomic E-state index is 13.0. The monoisotopic (exact) mass is 346 g/mol. The number of hydrogen-bond acceptors (Lipinski definition) is 6. The van der Waals surface area contributed by atoms with Crippen molar-refractivity contribution in [3.63, 3.8) is 0 Å². The van der Waals surface area contributed by atoms with Crippen LogP contribution in [0.5, 0.6) is 5.88 Å². The van der Waals surface area contributed by atoms with Crippen LogP contribution in [0.4, 0.5) is 14.6 Å². The molecule has 3 rings (SSSR count). The van der Waals surface area contributed by atoms with E-state index in [4.69, 9.17) is 15.7 Å². The molecular weight excluding hydrogens is 334 g/mol. The molecule has 1 saturated carbocycles. The van der Waals surface area contributed by atoms with E-state index >= 15 is 0 Å². The fourth-order valence-corrected chi connectivity index (χ4v) is 2.45. The molecule has 7 nitrogen and oxygen atoms in total. The summed E-state index contributed by atoms with van der Waals surface area (Å²) >= 11 is 0. The number of halogens is 2. The zero-order valence-corrected chi connectivity index (χ0v) is 12.7. The summed E-state index contributed by atoms with van der Waals surface area (Å²) in [5.74, 6) is -4.91. The van der Waals surface area contributed by atoms with Crippen molar-refractivity contribution in [3.8, 4) is 23.3 Å². The van der Waals surface area contributed by atoms with Gasteiger partial charge in [-0.25, -0.2) is 18.6 Å². The van der Waals surface area contributed by atoms with Crippen LogP contribution in [-0.2, 0) is 0 Å². The molecule has 9 heteroatoms. The normalized spacial score (nSPS) is 15.9. The van der Waals surface area contributed by atoms with Crippen LogP contribution in [0.2, 0.25) is 0 Å². The molecule has 1 heterocycles. The van der Waals surface area contributed by atoms with Gasteiger partial charge in [-0.2, -0.15) is 10.2 Å². The van der Waals surface area contributed by atoms with Gasteiger partial charge in [0.1, 0.15) is 11.9 Å². The fraction of sp³-hybridized carbons (Fsp3) is 0.250. The lowest BCUT2D eigenvalue weighted by Crippen LogP contribution is -2.43. The van der Waals surface area contributed by atoms with Gasteiger partial charge in [0.05, 0.1) is 11.6 Å². The first-order valence-electron chi connectivity index (χ1n) is 7.25. The van der Waals surface area contributed by atoms with Crippen LogP contribution >= 0.6 is 0 Å². The Bertz CT molecular complexity index is 887. The molecule has 0 radical (unpaired) electrons. The number of anilines is 1.